The van der Waals surface area contributed by atoms with Crippen molar-refractivity contribution >= 4 is 15.9 Å². The molecule has 0 aliphatic rings. The third-order valence-electron chi connectivity index (χ3n) is 3.53. The summed E-state index contributed by atoms with van der Waals surface area (Å²) in [7, 11) is 1.73. The van der Waals surface area contributed by atoms with Crippen LogP contribution in [0.2, 0.25) is 0 Å². The number of hydrogen-bond donors (Lipinski definition) is 1. The molecule has 0 saturated heterocycles. The molecule has 2 unspecified atom stereocenters. The highest BCUT2D eigenvalue weighted by molar-refractivity contribution is 9.10. The van der Waals surface area contributed by atoms with Gasteiger partial charge in [-0.05, 0) is 36.6 Å². The molecule has 18 heavy (non-hydrogen) atoms. The van der Waals surface area contributed by atoms with Crippen LogP contribution >= 0.6 is 15.9 Å². The summed E-state index contributed by atoms with van der Waals surface area (Å²) in [5.74, 6) is 2.13. The zero-order valence-electron chi connectivity index (χ0n) is 12.0. The first-order chi connectivity index (χ1) is 8.51. The van der Waals surface area contributed by atoms with E-state index in [4.69, 9.17) is 4.74 Å². The van der Waals surface area contributed by atoms with Gasteiger partial charge in [0, 0.05) is 16.1 Å². The highest BCUT2D eigenvalue weighted by atomic mass is 79.9. The van der Waals surface area contributed by atoms with Gasteiger partial charge in [0.25, 0.3) is 0 Å². The van der Waals surface area contributed by atoms with Crippen LogP contribution in [0.4, 0.5) is 0 Å². The molecule has 2 atom stereocenters. The lowest BCUT2D eigenvalue weighted by Crippen LogP contribution is -2.29. The first-order valence-corrected chi connectivity index (χ1v) is 7.37. The van der Waals surface area contributed by atoms with Gasteiger partial charge in [0.1, 0.15) is 5.75 Å². The second kappa shape index (κ2) is 7.15. The number of benzene rings is 1. The van der Waals surface area contributed by atoms with Crippen LogP contribution in [0.5, 0.6) is 5.75 Å². The van der Waals surface area contributed by atoms with Gasteiger partial charge in [0.05, 0.1) is 7.11 Å². The van der Waals surface area contributed by atoms with Gasteiger partial charge < -0.3 is 10.1 Å². The standard InChI is InChI=1S/C15H24BrNO/c1-6-17-15(11(4)10(2)3)13-9-12(16)7-8-14(13)18-5/h7-11,15,17H,6H2,1-5H3. The summed E-state index contributed by atoms with van der Waals surface area (Å²) in [6.07, 6.45) is 0. The molecule has 0 heterocycles. The number of hydrogen-bond acceptors (Lipinski definition) is 2. The Balaban J connectivity index is 3.15. The van der Waals surface area contributed by atoms with Crippen LogP contribution in [0.25, 0.3) is 0 Å². The molecule has 1 aromatic carbocycles. The topological polar surface area (TPSA) is 21.3 Å². The number of halogens is 1. The van der Waals surface area contributed by atoms with Crippen LogP contribution in [0.3, 0.4) is 0 Å². The van der Waals surface area contributed by atoms with Crippen molar-refractivity contribution in [3.63, 3.8) is 0 Å². The quantitative estimate of drug-likeness (QED) is 0.840. The molecular weight excluding hydrogens is 290 g/mol. The predicted molar refractivity (Wildman–Crippen MR) is 81.1 cm³/mol. The van der Waals surface area contributed by atoms with Gasteiger partial charge in [-0.15, -0.1) is 0 Å². The van der Waals surface area contributed by atoms with E-state index in [9.17, 15) is 0 Å². The molecule has 3 heteroatoms. The summed E-state index contributed by atoms with van der Waals surface area (Å²) >= 11 is 3.55. The van der Waals surface area contributed by atoms with Crippen LogP contribution in [0, 0.1) is 11.8 Å². The Kier molecular flexibility index (Phi) is 6.16. The first kappa shape index (κ1) is 15.5. The summed E-state index contributed by atoms with van der Waals surface area (Å²) in [4.78, 5) is 0. The van der Waals surface area contributed by atoms with Gasteiger partial charge in [-0.3, -0.25) is 0 Å². The van der Waals surface area contributed by atoms with E-state index < -0.39 is 0 Å². The summed E-state index contributed by atoms with van der Waals surface area (Å²) in [5, 5.41) is 3.58. The fourth-order valence-electron chi connectivity index (χ4n) is 2.13. The highest BCUT2D eigenvalue weighted by Gasteiger charge is 2.24. The van der Waals surface area contributed by atoms with Crippen molar-refractivity contribution < 1.29 is 4.74 Å². The molecule has 0 amide bonds. The summed E-state index contributed by atoms with van der Waals surface area (Å²) in [5.41, 5.74) is 1.23. The third kappa shape index (κ3) is 3.72. The lowest BCUT2D eigenvalue weighted by Gasteiger charge is -2.29. The third-order valence-corrected chi connectivity index (χ3v) is 4.02. The number of nitrogens with one attached hydrogen (secondary N) is 1. The molecule has 0 bridgehead atoms. The zero-order valence-corrected chi connectivity index (χ0v) is 13.5. The lowest BCUT2D eigenvalue weighted by atomic mass is 9.85. The van der Waals surface area contributed by atoms with E-state index in [1.807, 2.05) is 12.1 Å². The highest BCUT2D eigenvalue weighted by Crippen LogP contribution is 2.35. The Morgan fingerprint density at radius 1 is 1.28 bits per heavy atom. The average Bonchev–Trinajstić information content (AvgIpc) is 2.35. The minimum atomic E-state index is 0.322. The van der Waals surface area contributed by atoms with E-state index >= 15 is 0 Å². The van der Waals surface area contributed by atoms with E-state index in [1.165, 1.54) is 5.56 Å². The monoisotopic (exact) mass is 313 g/mol. The first-order valence-electron chi connectivity index (χ1n) is 6.58. The Morgan fingerprint density at radius 3 is 2.44 bits per heavy atom. The summed E-state index contributed by atoms with van der Waals surface area (Å²) < 4.78 is 6.59. The molecule has 1 rings (SSSR count). The van der Waals surface area contributed by atoms with Gasteiger partial charge in [-0.2, -0.15) is 0 Å². The summed E-state index contributed by atoms with van der Waals surface area (Å²) in [6.45, 7) is 9.92. The molecule has 0 aliphatic heterocycles. The fourth-order valence-corrected chi connectivity index (χ4v) is 2.51. The lowest BCUT2D eigenvalue weighted by molar-refractivity contribution is 0.297. The molecule has 0 radical (unpaired) electrons. The fraction of sp³-hybridized carbons (Fsp3) is 0.600. The van der Waals surface area contributed by atoms with Crippen LogP contribution in [0.15, 0.2) is 22.7 Å². The molecule has 0 fully saturated rings. The van der Waals surface area contributed by atoms with Crippen molar-refractivity contribution in [2.45, 2.75) is 33.7 Å². The average molecular weight is 314 g/mol. The van der Waals surface area contributed by atoms with Gasteiger partial charge in [0.15, 0.2) is 0 Å². The van der Waals surface area contributed by atoms with Crippen LogP contribution in [-0.4, -0.2) is 13.7 Å². The van der Waals surface area contributed by atoms with E-state index in [-0.39, 0.29) is 0 Å². The van der Waals surface area contributed by atoms with Crippen molar-refractivity contribution in [3.05, 3.63) is 28.2 Å². The van der Waals surface area contributed by atoms with Gasteiger partial charge >= 0.3 is 0 Å². The van der Waals surface area contributed by atoms with Crippen molar-refractivity contribution in [1.82, 2.24) is 5.32 Å². The molecule has 0 aliphatic carbocycles. The predicted octanol–water partition coefficient (Wildman–Crippen LogP) is 4.40. The molecular formula is C15H24BrNO. The molecule has 102 valence electrons. The molecule has 2 nitrogen and oxygen atoms in total. The van der Waals surface area contributed by atoms with Crippen molar-refractivity contribution in [2.75, 3.05) is 13.7 Å². The van der Waals surface area contributed by atoms with Crippen molar-refractivity contribution in [1.29, 1.82) is 0 Å². The van der Waals surface area contributed by atoms with Crippen LogP contribution in [0.1, 0.15) is 39.3 Å². The van der Waals surface area contributed by atoms with E-state index in [1.54, 1.807) is 7.11 Å². The Bertz CT molecular complexity index is 379. The van der Waals surface area contributed by atoms with Gasteiger partial charge in [-0.1, -0.05) is 43.6 Å². The largest absolute Gasteiger partial charge is 0.496 e. The molecule has 1 aromatic rings. The molecule has 0 aromatic heterocycles. The SMILES string of the molecule is CCNC(c1cc(Br)ccc1OC)C(C)C(C)C. The van der Waals surface area contributed by atoms with E-state index in [2.05, 4.69) is 55.0 Å². The minimum Gasteiger partial charge on any atom is -0.496 e. The molecule has 0 spiro atoms. The maximum absolute atomic E-state index is 5.50. The number of methoxy groups -OCH3 is 1. The van der Waals surface area contributed by atoms with Crippen molar-refractivity contribution in [3.8, 4) is 5.75 Å². The second-order valence-corrected chi connectivity index (χ2v) is 5.94. The minimum absolute atomic E-state index is 0.322. The normalized spacial score (nSPS) is 14.6. The molecule has 0 saturated carbocycles. The van der Waals surface area contributed by atoms with Crippen LogP contribution < -0.4 is 10.1 Å². The number of ether oxygens (including phenoxy) is 1. The van der Waals surface area contributed by atoms with Gasteiger partial charge in [0.2, 0.25) is 0 Å². The molecule has 1 N–H and O–H groups in total. The van der Waals surface area contributed by atoms with Crippen molar-refractivity contribution in [2.24, 2.45) is 11.8 Å². The van der Waals surface area contributed by atoms with Gasteiger partial charge in [-0.25, -0.2) is 0 Å². The Labute approximate surface area is 119 Å². The number of rotatable bonds is 6. The van der Waals surface area contributed by atoms with E-state index in [0.29, 0.717) is 17.9 Å². The van der Waals surface area contributed by atoms with Crippen LogP contribution in [-0.2, 0) is 0 Å². The second-order valence-electron chi connectivity index (χ2n) is 5.02. The Hall–Kier alpha value is -0.540. The maximum atomic E-state index is 5.50. The smallest absolute Gasteiger partial charge is 0.123 e. The Morgan fingerprint density at radius 2 is 1.94 bits per heavy atom. The van der Waals surface area contributed by atoms with E-state index in [0.717, 1.165) is 16.8 Å². The summed E-state index contributed by atoms with van der Waals surface area (Å²) in [6, 6.07) is 6.52. The maximum Gasteiger partial charge on any atom is 0.123 e. The zero-order chi connectivity index (χ0) is 13.7.